The number of hydrogen-bond acceptors (Lipinski definition) is 5. The lowest BCUT2D eigenvalue weighted by Gasteiger charge is -2.17. The summed E-state index contributed by atoms with van der Waals surface area (Å²) in [5.41, 5.74) is 10.7. The third-order valence-electron chi connectivity index (χ3n) is 1.88. The standard InChI is InChI=1S/C8H16N2O4/c1-4(11)7(10)8(14)5(9)2-3-6(12)13/h4-5,7,11H,2-3,9-10H2,1H3,(H,12,13)/t4-,5?,7+/m1/s1. The highest BCUT2D eigenvalue weighted by molar-refractivity contribution is 5.89. The first-order chi connectivity index (χ1) is 6.36. The molecule has 0 spiro atoms. The number of rotatable bonds is 6. The minimum absolute atomic E-state index is 0.0363. The van der Waals surface area contributed by atoms with Gasteiger partial charge in [-0.25, -0.2) is 0 Å². The van der Waals surface area contributed by atoms with E-state index in [4.69, 9.17) is 21.7 Å². The van der Waals surface area contributed by atoms with Crippen LogP contribution in [0.2, 0.25) is 0 Å². The van der Waals surface area contributed by atoms with E-state index >= 15 is 0 Å². The highest BCUT2D eigenvalue weighted by atomic mass is 16.4. The van der Waals surface area contributed by atoms with Crippen LogP contribution in [-0.4, -0.2) is 40.2 Å². The number of aliphatic hydroxyl groups excluding tert-OH is 1. The van der Waals surface area contributed by atoms with Crippen molar-refractivity contribution in [3.63, 3.8) is 0 Å². The fraction of sp³-hybridized carbons (Fsp3) is 0.750. The van der Waals surface area contributed by atoms with Gasteiger partial charge in [0.1, 0.15) is 0 Å². The summed E-state index contributed by atoms with van der Waals surface area (Å²) >= 11 is 0. The van der Waals surface area contributed by atoms with Gasteiger partial charge in [-0.3, -0.25) is 9.59 Å². The molecule has 0 aliphatic rings. The van der Waals surface area contributed by atoms with Crippen LogP contribution in [0.3, 0.4) is 0 Å². The fourth-order valence-corrected chi connectivity index (χ4v) is 0.906. The van der Waals surface area contributed by atoms with Gasteiger partial charge in [0, 0.05) is 6.42 Å². The Bertz CT molecular complexity index is 217. The molecule has 6 nitrogen and oxygen atoms in total. The van der Waals surface area contributed by atoms with E-state index in [0.29, 0.717) is 0 Å². The van der Waals surface area contributed by atoms with Crippen molar-refractivity contribution in [2.45, 2.75) is 38.0 Å². The first-order valence-corrected chi connectivity index (χ1v) is 4.31. The lowest BCUT2D eigenvalue weighted by Crippen LogP contribution is -2.48. The Hall–Kier alpha value is -0.980. The average molecular weight is 204 g/mol. The van der Waals surface area contributed by atoms with Crippen molar-refractivity contribution in [3.05, 3.63) is 0 Å². The fourth-order valence-electron chi connectivity index (χ4n) is 0.906. The van der Waals surface area contributed by atoms with Crippen molar-refractivity contribution in [2.24, 2.45) is 11.5 Å². The summed E-state index contributed by atoms with van der Waals surface area (Å²) in [6.07, 6.45) is -1.12. The number of hydrogen-bond donors (Lipinski definition) is 4. The number of aliphatic hydroxyl groups is 1. The summed E-state index contributed by atoms with van der Waals surface area (Å²) in [6, 6.07) is -1.96. The van der Waals surface area contributed by atoms with Gasteiger partial charge in [-0.15, -0.1) is 0 Å². The van der Waals surface area contributed by atoms with Crippen molar-refractivity contribution in [1.82, 2.24) is 0 Å². The molecule has 0 aromatic rings. The molecule has 3 atom stereocenters. The molecule has 14 heavy (non-hydrogen) atoms. The Morgan fingerprint density at radius 2 is 1.86 bits per heavy atom. The normalized spacial score (nSPS) is 17.1. The number of ketones is 1. The monoisotopic (exact) mass is 204 g/mol. The summed E-state index contributed by atoms with van der Waals surface area (Å²) in [7, 11) is 0. The van der Waals surface area contributed by atoms with Gasteiger partial charge in [0.2, 0.25) is 0 Å². The largest absolute Gasteiger partial charge is 0.481 e. The number of Topliss-reactive ketones (excluding diaryl/α,β-unsaturated/α-hetero) is 1. The topological polar surface area (TPSA) is 127 Å². The van der Waals surface area contributed by atoms with E-state index in [1.54, 1.807) is 0 Å². The molecule has 0 aromatic carbocycles. The molecule has 0 rings (SSSR count). The van der Waals surface area contributed by atoms with Crippen LogP contribution in [0.5, 0.6) is 0 Å². The molecule has 0 aliphatic heterocycles. The number of carboxylic acids is 1. The zero-order valence-electron chi connectivity index (χ0n) is 8.01. The molecular weight excluding hydrogens is 188 g/mol. The first kappa shape index (κ1) is 13.0. The molecule has 6 heteroatoms. The maximum absolute atomic E-state index is 11.3. The number of carbonyl (C=O) groups excluding carboxylic acids is 1. The predicted molar refractivity (Wildman–Crippen MR) is 49.5 cm³/mol. The Morgan fingerprint density at radius 1 is 1.36 bits per heavy atom. The quantitative estimate of drug-likeness (QED) is 0.415. The van der Waals surface area contributed by atoms with Gasteiger partial charge in [-0.05, 0) is 13.3 Å². The molecule has 0 bridgehead atoms. The van der Waals surface area contributed by atoms with Gasteiger partial charge < -0.3 is 21.7 Å². The second-order valence-electron chi connectivity index (χ2n) is 3.21. The smallest absolute Gasteiger partial charge is 0.303 e. The van der Waals surface area contributed by atoms with Crippen molar-refractivity contribution in [1.29, 1.82) is 0 Å². The van der Waals surface area contributed by atoms with Gasteiger partial charge >= 0.3 is 5.97 Å². The Labute approximate surface area is 81.9 Å². The number of carbonyl (C=O) groups is 2. The zero-order valence-corrected chi connectivity index (χ0v) is 8.01. The van der Waals surface area contributed by atoms with Crippen molar-refractivity contribution in [2.75, 3.05) is 0 Å². The van der Waals surface area contributed by atoms with Crippen LogP contribution in [0.4, 0.5) is 0 Å². The van der Waals surface area contributed by atoms with Crippen LogP contribution >= 0.6 is 0 Å². The van der Waals surface area contributed by atoms with Crippen LogP contribution < -0.4 is 11.5 Å². The maximum atomic E-state index is 11.3. The van der Waals surface area contributed by atoms with E-state index in [-0.39, 0.29) is 12.8 Å². The summed E-state index contributed by atoms with van der Waals surface area (Å²) in [4.78, 5) is 21.5. The second kappa shape index (κ2) is 5.69. The molecular formula is C8H16N2O4. The summed E-state index contributed by atoms with van der Waals surface area (Å²) in [5.74, 6) is -1.53. The van der Waals surface area contributed by atoms with E-state index in [2.05, 4.69) is 0 Å². The van der Waals surface area contributed by atoms with Gasteiger partial charge in [0.05, 0.1) is 18.2 Å². The zero-order chi connectivity index (χ0) is 11.3. The molecule has 0 aromatic heterocycles. The molecule has 0 heterocycles. The molecule has 0 saturated heterocycles. The number of aliphatic carboxylic acids is 1. The molecule has 0 amide bonds. The van der Waals surface area contributed by atoms with E-state index in [1.807, 2.05) is 0 Å². The Kier molecular flexibility index (Phi) is 5.29. The molecule has 82 valence electrons. The lowest BCUT2D eigenvalue weighted by molar-refractivity contribution is -0.137. The second-order valence-corrected chi connectivity index (χ2v) is 3.21. The van der Waals surface area contributed by atoms with Crippen LogP contribution in [0.25, 0.3) is 0 Å². The van der Waals surface area contributed by atoms with Crippen LogP contribution in [0.1, 0.15) is 19.8 Å². The summed E-state index contributed by atoms with van der Waals surface area (Å²) in [6.45, 7) is 1.38. The summed E-state index contributed by atoms with van der Waals surface area (Å²) in [5, 5.41) is 17.3. The maximum Gasteiger partial charge on any atom is 0.303 e. The summed E-state index contributed by atoms with van der Waals surface area (Å²) < 4.78 is 0. The highest BCUT2D eigenvalue weighted by Gasteiger charge is 2.24. The van der Waals surface area contributed by atoms with Crippen LogP contribution in [-0.2, 0) is 9.59 Å². The predicted octanol–water partition coefficient (Wildman–Crippen LogP) is -1.54. The van der Waals surface area contributed by atoms with Crippen LogP contribution in [0, 0.1) is 0 Å². The van der Waals surface area contributed by atoms with Gasteiger partial charge in [-0.2, -0.15) is 0 Å². The third-order valence-corrected chi connectivity index (χ3v) is 1.88. The molecule has 6 N–H and O–H groups in total. The molecule has 1 unspecified atom stereocenters. The van der Waals surface area contributed by atoms with Crippen molar-refractivity contribution < 1.29 is 19.8 Å². The number of nitrogens with two attached hydrogens (primary N) is 2. The highest BCUT2D eigenvalue weighted by Crippen LogP contribution is 2.01. The molecule has 0 radical (unpaired) electrons. The van der Waals surface area contributed by atoms with E-state index in [1.165, 1.54) is 6.92 Å². The minimum atomic E-state index is -1.04. The Balaban J connectivity index is 4.05. The van der Waals surface area contributed by atoms with E-state index in [9.17, 15) is 9.59 Å². The average Bonchev–Trinajstić information content (AvgIpc) is 2.11. The minimum Gasteiger partial charge on any atom is -0.481 e. The van der Waals surface area contributed by atoms with Crippen molar-refractivity contribution in [3.8, 4) is 0 Å². The van der Waals surface area contributed by atoms with Crippen LogP contribution in [0.15, 0.2) is 0 Å². The third kappa shape index (κ3) is 4.31. The first-order valence-electron chi connectivity index (χ1n) is 4.31. The van der Waals surface area contributed by atoms with E-state index in [0.717, 1.165) is 0 Å². The van der Waals surface area contributed by atoms with Gasteiger partial charge in [0.15, 0.2) is 5.78 Å². The van der Waals surface area contributed by atoms with Gasteiger partial charge in [0.25, 0.3) is 0 Å². The van der Waals surface area contributed by atoms with Crippen molar-refractivity contribution >= 4 is 11.8 Å². The lowest BCUT2D eigenvalue weighted by atomic mass is 9.99. The van der Waals surface area contributed by atoms with Gasteiger partial charge in [-0.1, -0.05) is 0 Å². The molecule has 0 saturated carbocycles. The molecule has 0 aliphatic carbocycles. The Morgan fingerprint density at radius 3 is 2.21 bits per heavy atom. The van der Waals surface area contributed by atoms with E-state index < -0.39 is 29.9 Å². The molecule has 0 fully saturated rings. The number of carboxylic acid groups (broad SMARTS) is 1. The SMILES string of the molecule is C[C@@H](O)[C@H](N)C(=O)C(N)CCC(=O)O.